The number of benzene rings is 2. The van der Waals surface area contributed by atoms with Crippen molar-refractivity contribution < 1.29 is 13.2 Å². The van der Waals surface area contributed by atoms with Crippen molar-refractivity contribution in [3.63, 3.8) is 0 Å². The van der Waals surface area contributed by atoms with Gasteiger partial charge in [0.15, 0.2) is 0 Å². The highest BCUT2D eigenvalue weighted by atomic mass is 35.5. The minimum absolute atomic E-state index is 0.0584. The fraction of sp³-hybridized carbons (Fsp3) is 0.111. The van der Waals surface area contributed by atoms with Crippen molar-refractivity contribution in [1.82, 2.24) is 9.78 Å². The van der Waals surface area contributed by atoms with Crippen LogP contribution in [-0.4, -0.2) is 9.78 Å². The van der Waals surface area contributed by atoms with Gasteiger partial charge >= 0.3 is 6.18 Å². The number of aromatic nitrogens is 2. The van der Waals surface area contributed by atoms with E-state index in [1.165, 1.54) is 18.2 Å². The second-order valence-corrected chi connectivity index (χ2v) is 5.86. The van der Waals surface area contributed by atoms with Gasteiger partial charge < -0.3 is 0 Å². The molecule has 0 aliphatic carbocycles. The first kappa shape index (κ1) is 17.2. The molecule has 0 N–H and O–H groups in total. The van der Waals surface area contributed by atoms with Crippen molar-refractivity contribution in [2.45, 2.75) is 12.7 Å². The first-order chi connectivity index (χ1) is 11.8. The maximum Gasteiger partial charge on any atom is 0.416 e. The second-order valence-electron chi connectivity index (χ2n) is 5.42. The number of nitrogens with zero attached hydrogens (tertiary/aromatic N) is 2. The molecule has 0 aliphatic heterocycles. The van der Waals surface area contributed by atoms with Crippen molar-refractivity contribution in [3.05, 3.63) is 87.2 Å². The third kappa shape index (κ3) is 4.09. The molecule has 0 amide bonds. The molecule has 0 fully saturated rings. The van der Waals surface area contributed by atoms with Gasteiger partial charge in [-0.15, -0.1) is 0 Å². The van der Waals surface area contributed by atoms with E-state index in [9.17, 15) is 18.0 Å². The van der Waals surface area contributed by atoms with Gasteiger partial charge in [-0.1, -0.05) is 35.9 Å². The molecule has 25 heavy (non-hydrogen) atoms. The molecule has 1 aromatic heterocycles. The van der Waals surface area contributed by atoms with E-state index in [0.717, 1.165) is 16.8 Å². The Morgan fingerprint density at radius 3 is 2.48 bits per heavy atom. The predicted octanol–water partition coefficient (Wildman–Crippen LogP) is 4.63. The molecule has 3 nitrogen and oxygen atoms in total. The van der Waals surface area contributed by atoms with Crippen LogP contribution in [-0.2, 0) is 12.7 Å². The molecule has 128 valence electrons. The molecule has 3 rings (SSSR count). The summed E-state index contributed by atoms with van der Waals surface area (Å²) in [5, 5.41) is 4.76. The molecule has 0 spiro atoms. The van der Waals surface area contributed by atoms with E-state index in [2.05, 4.69) is 5.10 Å². The van der Waals surface area contributed by atoms with E-state index >= 15 is 0 Å². The summed E-state index contributed by atoms with van der Waals surface area (Å²) in [6.45, 7) is -0.0584. The largest absolute Gasteiger partial charge is 0.416 e. The quantitative estimate of drug-likeness (QED) is 0.679. The minimum Gasteiger partial charge on any atom is -0.268 e. The molecule has 1 heterocycles. The standard InChI is InChI=1S/C18H12ClF3N2O/c19-15-6-2-4-13(10-15)16-7-8-17(25)24(23-16)11-12-3-1-5-14(9-12)18(20,21)22/h1-10H,11H2. The third-order valence-electron chi connectivity index (χ3n) is 3.57. The van der Waals surface area contributed by atoms with Gasteiger partial charge in [0.1, 0.15) is 0 Å². The molecule has 0 saturated heterocycles. The number of hydrogen-bond acceptors (Lipinski definition) is 2. The van der Waals surface area contributed by atoms with Gasteiger partial charge in [0.25, 0.3) is 5.56 Å². The van der Waals surface area contributed by atoms with E-state index < -0.39 is 17.3 Å². The van der Waals surface area contributed by atoms with Crippen molar-refractivity contribution in [2.24, 2.45) is 0 Å². The third-order valence-corrected chi connectivity index (χ3v) is 3.81. The molecule has 0 unspecified atom stereocenters. The second kappa shape index (κ2) is 6.72. The SMILES string of the molecule is O=c1ccc(-c2cccc(Cl)c2)nn1Cc1cccc(C(F)(F)F)c1. The fourth-order valence-corrected chi connectivity index (χ4v) is 2.57. The summed E-state index contributed by atoms with van der Waals surface area (Å²) >= 11 is 5.95. The van der Waals surface area contributed by atoms with Gasteiger partial charge in [-0.3, -0.25) is 4.79 Å². The average Bonchev–Trinajstić information content (AvgIpc) is 2.56. The Kier molecular flexibility index (Phi) is 4.63. The maximum atomic E-state index is 12.8. The number of halogens is 4. The lowest BCUT2D eigenvalue weighted by Crippen LogP contribution is -2.23. The highest BCUT2D eigenvalue weighted by Gasteiger charge is 2.30. The topological polar surface area (TPSA) is 34.9 Å². The summed E-state index contributed by atoms with van der Waals surface area (Å²) in [7, 11) is 0. The van der Waals surface area contributed by atoms with Crippen LogP contribution >= 0.6 is 11.6 Å². The number of alkyl halides is 3. The van der Waals surface area contributed by atoms with E-state index in [-0.39, 0.29) is 6.54 Å². The van der Waals surface area contributed by atoms with Crippen molar-refractivity contribution in [2.75, 3.05) is 0 Å². The minimum atomic E-state index is -4.43. The molecule has 2 aromatic carbocycles. The Bertz CT molecular complexity index is 967. The number of rotatable bonds is 3. The normalized spacial score (nSPS) is 11.5. The lowest BCUT2D eigenvalue weighted by Gasteiger charge is -2.10. The Morgan fingerprint density at radius 1 is 1.00 bits per heavy atom. The first-order valence-electron chi connectivity index (χ1n) is 7.33. The molecule has 0 radical (unpaired) electrons. The van der Waals surface area contributed by atoms with Gasteiger partial charge in [0.2, 0.25) is 0 Å². The summed E-state index contributed by atoms with van der Waals surface area (Å²) in [5.41, 5.74) is 0.402. The predicted molar refractivity (Wildman–Crippen MR) is 89.5 cm³/mol. The summed E-state index contributed by atoms with van der Waals surface area (Å²) in [6, 6.07) is 14.7. The molecule has 0 saturated carbocycles. The molecule has 0 atom stereocenters. The Hall–Kier alpha value is -2.60. The summed E-state index contributed by atoms with van der Waals surface area (Å²) in [4.78, 5) is 12.0. The zero-order chi connectivity index (χ0) is 18.0. The van der Waals surface area contributed by atoms with Gasteiger partial charge in [-0.2, -0.15) is 18.3 Å². The van der Waals surface area contributed by atoms with Crippen LogP contribution < -0.4 is 5.56 Å². The van der Waals surface area contributed by atoms with Crippen LogP contribution in [0.1, 0.15) is 11.1 Å². The zero-order valence-electron chi connectivity index (χ0n) is 12.8. The van der Waals surface area contributed by atoms with E-state index in [4.69, 9.17) is 11.6 Å². The Labute approximate surface area is 146 Å². The van der Waals surface area contributed by atoms with Crippen molar-refractivity contribution in [1.29, 1.82) is 0 Å². The van der Waals surface area contributed by atoms with Crippen LogP contribution in [0, 0.1) is 0 Å². The van der Waals surface area contributed by atoms with Crippen LogP contribution in [0.25, 0.3) is 11.3 Å². The lowest BCUT2D eigenvalue weighted by molar-refractivity contribution is -0.137. The summed E-state index contributed by atoms with van der Waals surface area (Å²) < 4.78 is 39.6. The van der Waals surface area contributed by atoms with Gasteiger partial charge in [0.05, 0.1) is 17.8 Å². The molecule has 7 heteroatoms. The van der Waals surface area contributed by atoms with E-state index in [0.29, 0.717) is 21.8 Å². The summed E-state index contributed by atoms with van der Waals surface area (Å²) in [6.07, 6.45) is -4.43. The fourth-order valence-electron chi connectivity index (χ4n) is 2.38. The Balaban J connectivity index is 1.96. The number of hydrogen-bond donors (Lipinski definition) is 0. The smallest absolute Gasteiger partial charge is 0.268 e. The van der Waals surface area contributed by atoms with Crippen LogP contribution in [0.3, 0.4) is 0 Å². The van der Waals surface area contributed by atoms with Gasteiger partial charge in [-0.05, 0) is 35.9 Å². The van der Waals surface area contributed by atoms with Crippen LogP contribution in [0.4, 0.5) is 13.2 Å². The van der Waals surface area contributed by atoms with Crippen LogP contribution in [0.2, 0.25) is 5.02 Å². The maximum absolute atomic E-state index is 12.8. The monoisotopic (exact) mass is 364 g/mol. The molecular weight excluding hydrogens is 353 g/mol. The Morgan fingerprint density at radius 2 is 1.76 bits per heavy atom. The van der Waals surface area contributed by atoms with Crippen molar-refractivity contribution >= 4 is 11.6 Å². The van der Waals surface area contributed by atoms with E-state index in [1.54, 1.807) is 30.3 Å². The van der Waals surface area contributed by atoms with E-state index in [1.807, 2.05) is 0 Å². The van der Waals surface area contributed by atoms with Crippen LogP contribution in [0.15, 0.2) is 65.5 Å². The van der Waals surface area contributed by atoms with Crippen molar-refractivity contribution in [3.8, 4) is 11.3 Å². The highest BCUT2D eigenvalue weighted by Crippen LogP contribution is 2.29. The van der Waals surface area contributed by atoms with Crippen LogP contribution in [0.5, 0.6) is 0 Å². The lowest BCUT2D eigenvalue weighted by atomic mass is 10.1. The zero-order valence-corrected chi connectivity index (χ0v) is 13.6. The first-order valence-corrected chi connectivity index (χ1v) is 7.71. The van der Waals surface area contributed by atoms with Gasteiger partial charge in [-0.25, -0.2) is 4.68 Å². The highest BCUT2D eigenvalue weighted by molar-refractivity contribution is 6.30. The average molecular weight is 365 g/mol. The molecule has 0 aliphatic rings. The molecule has 0 bridgehead atoms. The van der Waals surface area contributed by atoms with Gasteiger partial charge in [0, 0.05) is 16.7 Å². The summed E-state index contributed by atoms with van der Waals surface area (Å²) in [5.74, 6) is 0. The molecule has 3 aromatic rings. The molecular formula is C18H12ClF3N2O.